The lowest BCUT2D eigenvalue weighted by Crippen LogP contribution is -2.43. The number of benzene rings is 1. The lowest BCUT2D eigenvalue weighted by Gasteiger charge is -2.31. The largest absolute Gasteiger partial charge is 0.348 e. The number of hydrogen-bond acceptors (Lipinski definition) is 4. The Morgan fingerprint density at radius 1 is 1.07 bits per heavy atom. The number of piperidine rings is 1. The Bertz CT molecular complexity index is 735. The lowest BCUT2D eigenvalue weighted by atomic mass is 9.97. The Balaban J connectivity index is 1.33. The molecule has 144 valence electrons. The zero-order chi connectivity index (χ0) is 19.1. The smallest absolute Gasteiger partial charge is 0.309 e. The molecule has 2 amide bonds. The molecule has 27 heavy (non-hydrogen) atoms. The Morgan fingerprint density at radius 3 is 2.44 bits per heavy atom. The van der Waals surface area contributed by atoms with Crippen molar-refractivity contribution in [3.05, 3.63) is 57.8 Å². The maximum Gasteiger partial charge on any atom is 0.309 e. The van der Waals surface area contributed by atoms with Gasteiger partial charge in [0.2, 0.25) is 0 Å². The maximum atomic E-state index is 12.0. The van der Waals surface area contributed by atoms with Crippen molar-refractivity contribution in [3.8, 4) is 0 Å². The number of hydrogen-bond donors (Lipinski definition) is 2. The molecule has 0 unspecified atom stereocenters. The zero-order valence-corrected chi connectivity index (χ0v) is 16.6. The minimum absolute atomic E-state index is 0.369. The molecule has 0 atom stereocenters. The van der Waals surface area contributed by atoms with Crippen LogP contribution in [0.4, 0.5) is 0 Å². The van der Waals surface area contributed by atoms with Gasteiger partial charge in [0.1, 0.15) is 0 Å². The van der Waals surface area contributed by atoms with Crippen LogP contribution in [-0.4, -0.2) is 36.3 Å². The van der Waals surface area contributed by atoms with Gasteiger partial charge in [0.25, 0.3) is 0 Å². The quantitative estimate of drug-likeness (QED) is 0.752. The number of aryl methyl sites for hydroxylation is 1. The van der Waals surface area contributed by atoms with Crippen LogP contribution >= 0.6 is 11.3 Å². The molecular formula is C21H27N3O2S. The topological polar surface area (TPSA) is 61.4 Å². The molecule has 1 aromatic carbocycles. The van der Waals surface area contributed by atoms with E-state index in [4.69, 9.17) is 0 Å². The lowest BCUT2D eigenvalue weighted by molar-refractivity contribution is -0.139. The van der Waals surface area contributed by atoms with E-state index >= 15 is 0 Å². The van der Waals surface area contributed by atoms with Crippen molar-refractivity contribution >= 4 is 23.2 Å². The molecule has 1 aliphatic heterocycles. The van der Waals surface area contributed by atoms with E-state index in [0.717, 1.165) is 38.0 Å². The molecule has 1 aliphatic rings. The van der Waals surface area contributed by atoms with Crippen LogP contribution in [0.25, 0.3) is 0 Å². The molecule has 3 rings (SSSR count). The van der Waals surface area contributed by atoms with Crippen LogP contribution in [0.5, 0.6) is 0 Å². The first-order valence-electron chi connectivity index (χ1n) is 9.46. The Kier molecular flexibility index (Phi) is 7.01. The fourth-order valence-electron chi connectivity index (χ4n) is 3.26. The Labute approximate surface area is 164 Å². The molecule has 0 radical (unpaired) electrons. The van der Waals surface area contributed by atoms with Crippen LogP contribution in [0.2, 0.25) is 0 Å². The molecule has 1 saturated heterocycles. The van der Waals surface area contributed by atoms with E-state index in [1.54, 1.807) is 11.3 Å². The zero-order valence-electron chi connectivity index (χ0n) is 15.7. The second-order valence-electron chi connectivity index (χ2n) is 7.18. The molecular weight excluding hydrogens is 358 g/mol. The summed E-state index contributed by atoms with van der Waals surface area (Å²) < 4.78 is 0. The van der Waals surface area contributed by atoms with Crippen molar-refractivity contribution in [2.24, 2.45) is 5.92 Å². The molecule has 6 heteroatoms. The molecule has 2 aromatic rings. The molecule has 0 saturated carbocycles. The fraction of sp³-hybridized carbons (Fsp3) is 0.429. The highest BCUT2D eigenvalue weighted by Crippen LogP contribution is 2.20. The average molecular weight is 386 g/mol. The second kappa shape index (κ2) is 9.67. The molecule has 2 N–H and O–H groups in total. The highest BCUT2D eigenvalue weighted by atomic mass is 32.1. The third-order valence-corrected chi connectivity index (χ3v) is 5.86. The number of carbonyl (C=O) groups is 2. The van der Waals surface area contributed by atoms with E-state index < -0.39 is 11.8 Å². The molecule has 5 nitrogen and oxygen atoms in total. The number of rotatable bonds is 6. The summed E-state index contributed by atoms with van der Waals surface area (Å²) in [7, 11) is 0. The van der Waals surface area contributed by atoms with Gasteiger partial charge >= 0.3 is 11.8 Å². The van der Waals surface area contributed by atoms with Crippen LogP contribution in [-0.2, 0) is 22.7 Å². The number of amides is 2. The summed E-state index contributed by atoms with van der Waals surface area (Å²) >= 11 is 1.80. The monoisotopic (exact) mass is 385 g/mol. The van der Waals surface area contributed by atoms with Gasteiger partial charge in [-0.3, -0.25) is 14.5 Å². The minimum Gasteiger partial charge on any atom is -0.348 e. The average Bonchev–Trinajstić information content (AvgIpc) is 3.19. The second-order valence-corrected chi connectivity index (χ2v) is 8.21. The molecule has 0 bridgehead atoms. The van der Waals surface area contributed by atoms with Gasteiger partial charge in [-0.05, 0) is 55.8 Å². The summed E-state index contributed by atoms with van der Waals surface area (Å²) in [6, 6.07) is 12.2. The van der Waals surface area contributed by atoms with Crippen LogP contribution in [0.1, 0.15) is 28.8 Å². The number of likely N-dealkylation sites (tertiary alicyclic amines) is 1. The van der Waals surface area contributed by atoms with E-state index in [1.807, 2.05) is 31.2 Å². The molecule has 1 fully saturated rings. The molecule has 0 spiro atoms. The van der Waals surface area contributed by atoms with Gasteiger partial charge in [-0.1, -0.05) is 35.9 Å². The van der Waals surface area contributed by atoms with Crippen LogP contribution < -0.4 is 10.6 Å². The molecule has 2 heterocycles. The Hall–Kier alpha value is -2.18. The predicted octanol–water partition coefficient (Wildman–Crippen LogP) is 2.70. The summed E-state index contributed by atoms with van der Waals surface area (Å²) in [5.41, 5.74) is 2.16. The van der Waals surface area contributed by atoms with Gasteiger partial charge < -0.3 is 10.6 Å². The van der Waals surface area contributed by atoms with Gasteiger partial charge in [-0.15, -0.1) is 11.3 Å². The summed E-state index contributed by atoms with van der Waals surface area (Å²) in [6.45, 7) is 6.05. The number of thiophene rings is 1. The Morgan fingerprint density at radius 2 is 1.78 bits per heavy atom. The molecule has 0 aliphatic carbocycles. The highest BCUT2D eigenvalue weighted by molar-refractivity contribution is 7.09. The first kappa shape index (κ1) is 19.6. The highest BCUT2D eigenvalue weighted by Gasteiger charge is 2.21. The first-order valence-corrected chi connectivity index (χ1v) is 10.3. The van der Waals surface area contributed by atoms with E-state index in [9.17, 15) is 9.59 Å². The van der Waals surface area contributed by atoms with E-state index in [-0.39, 0.29) is 0 Å². The third-order valence-electron chi connectivity index (χ3n) is 5.00. The number of carbonyl (C=O) groups excluding carboxylic acids is 2. The normalized spacial score (nSPS) is 15.4. The van der Waals surface area contributed by atoms with Gasteiger partial charge in [-0.2, -0.15) is 0 Å². The fourth-order valence-corrected chi connectivity index (χ4v) is 4.00. The van der Waals surface area contributed by atoms with Gasteiger partial charge in [0.05, 0.1) is 0 Å². The first-order chi connectivity index (χ1) is 13.1. The van der Waals surface area contributed by atoms with Crippen molar-refractivity contribution in [3.63, 3.8) is 0 Å². The summed E-state index contributed by atoms with van der Waals surface area (Å²) in [5.74, 6) is -0.660. The van der Waals surface area contributed by atoms with E-state index in [2.05, 4.69) is 33.0 Å². The van der Waals surface area contributed by atoms with Gasteiger partial charge in [0.15, 0.2) is 0 Å². The predicted molar refractivity (Wildman–Crippen MR) is 108 cm³/mol. The summed E-state index contributed by atoms with van der Waals surface area (Å²) in [5, 5.41) is 7.58. The number of nitrogens with one attached hydrogen (secondary N) is 2. The summed E-state index contributed by atoms with van der Waals surface area (Å²) in [6.07, 6.45) is 2.10. The SMILES string of the molecule is Cc1ccc(CNC(=O)C(=O)NCC2CCN(Cc3cccs3)CC2)cc1. The van der Waals surface area contributed by atoms with Crippen molar-refractivity contribution < 1.29 is 9.59 Å². The number of nitrogens with zero attached hydrogens (tertiary/aromatic N) is 1. The summed E-state index contributed by atoms with van der Waals surface area (Å²) in [4.78, 5) is 27.8. The van der Waals surface area contributed by atoms with Gasteiger partial charge in [0, 0.05) is 24.5 Å². The maximum absolute atomic E-state index is 12.0. The van der Waals surface area contributed by atoms with Crippen molar-refractivity contribution in [1.82, 2.24) is 15.5 Å². The minimum atomic E-state index is -0.564. The van der Waals surface area contributed by atoms with E-state index in [1.165, 1.54) is 10.4 Å². The van der Waals surface area contributed by atoms with Crippen LogP contribution in [0.15, 0.2) is 41.8 Å². The molecule has 1 aromatic heterocycles. The van der Waals surface area contributed by atoms with Crippen molar-refractivity contribution in [2.45, 2.75) is 32.9 Å². The van der Waals surface area contributed by atoms with Gasteiger partial charge in [-0.25, -0.2) is 0 Å². The van der Waals surface area contributed by atoms with Crippen molar-refractivity contribution in [1.29, 1.82) is 0 Å². The van der Waals surface area contributed by atoms with Crippen molar-refractivity contribution in [2.75, 3.05) is 19.6 Å². The van der Waals surface area contributed by atoms with Crippen LogP contribution in [0.3, 0.4) is 0 Å². The third kappa shape index (κ3) is 6.19. The van der Waals surface area contributed by atoms with Crippen LogP contribution in [0, 0.1) is 12.8 Å². The standard InChI is InChI=1S/C21H27N3O2S/c1-16-4-6-17(7-5-16)13-22-20(25)21(26)23-14-18-8-10-24(11-9-18)15-19-3-2-12-27-19/h2-7,12,18H,8-11,13-15H2,1H3,(H,22,25)(H,23,26). The van der Waals surface area contributed by atoms with E-state index in [0.29, 0.717) is 19.0 Å².